The minimum absolute atomic E-state index is 0.165. The zero-order valence-electron chi connectivity index (χ0n) is 14.8. The number of thioether (sulfide) groups is 1. The van der Waals surface area contributed by atoms with Gasteiger partial charge in [0.15, 0.2) is 5.17 Å². The highest BCUT2D eigenvalue weighted by atomic mass is 32.2. The monoisotopic (exact) mass is 360 g/mol. The number of likely N-dealkylation sites (tertiary alicyclic amines) is 1. The van der Waals surface area contributed by atoms with Gasteiger partial charge in [0.05, 0.1) is 18.1 Å². The first kappa shape index (κ1) is 17.9. The third-order valence-electron chi connectivity index (χ3n) is 4.12. The fourth-order valence-electron chi connectivity index (χ4n) is 2.93. The number of piperidine rings is 1. The molecule has 1 fully saturated rings. The van der Waals surface area contributed by atoms with E-state index in [1.807, 2.05) is 38.1 Å². The summed E-state index contributed by atoms with van der Waals surface area (Å²) in [5, 5.41) is 0.833. The molecule has 5 nitrogen and oxygen atoms in total. The van der Waals surface area contributed by atoms with Crippen molar-refractivity contribution >= 4 is 28.9 Å². The predicted molar refractivity (Wildman–Crippen MR) is 102 cm³/mol. The van der Waals surface area contributed by atoms with Crippen molar-refractivity contribution in [3.8, 4) is 11.5 Å². The van der Waals surface area contributed by atoms with Gasteiger partial charge in [0.1, 0.15) is 11.5 Å². The molecular formula is C19H24N2O3S. The molecule has 1 aromatic rings. The molecule has 0 aliphatic carbocycles. The molecule has 2 aliphatic heterocycles. The molecule has 0 saturated carbocycles. The van der Waals surface area contributed by atoms with Crippen molar-refractivity contribution < 1.29 is 14.3 Å². The number of hydrogen-bond donors (Lipinski definition) is 0. The highest BCUT2D eigenvalue weighted by Crippen LogP contribution is 2.34. The lowest BCUT2D eigenvalue weighted by Gasteiger charge is -2.27. The van der Waals surface area contributed by atoms with Crippen LogP contribution in [0.2, 0.25) is 0 Å². The standard InChI is InChI=1S/C19H24N2O3S/c1-3-23-15-9-8-14(16(13-15)24-4-2)12-17-18(22)20-19(25-17)21-10-6-5-7-11-21/h8-9,12-13H,3-7,10-11H2,1-2H3/b17-12-. The van der Waals surface area contributed by atoms with Crippen LogP contribution in [0.5, 0.6) is 11.5 Å². The largest absolute Gasteiger partial charge is 0.494 e. The van der Waals surface area contributed by atoms with E-state index in [0.29, 0.717) is 18.1 Å². The number of carbonyl (C=O) groups excluding carboxylic acids is 1. The molecule has 0 atom stereocenters. The van der Waals surface area contributed by atoms with Crippen LogP contribution >= 0.6 is 11.8 Å². The normalized spacial score (nSPS) is 19.3. The minimum Gasteiger partial charge on any atom is -0.494 e. The third-order valence-corrected chi connectivity index (χ3v) is 5.16. The lowest BCUT2D eigenvalue weighted by atomic mass is 10.1. The van der Waals surface area contributed by atoms with Crippen LogP contribution in [-0.2, 0) is 4.79 Å². The van der Waals surface area contributed by atoms with Crippen LogP contribution in [0.1, 0.15) is 38.7 Å². The Balaban J connectivity index is 1.79. The Morgan fingerprint density at radius 2 is 1.92 bits per heavy atom. The van der Waals surface area contributed by atoms with E-state index in [-0.39, 0.29) is 5.91 Å². The second kappa shape index (κ2) is 8.43. The fourth-order valence-corrected chi connectivity index (χ4v) is 3.89. The Kier molecular flexibility index (Phi) is 6.02. The number of aliphatic imine (C=N–C) groups is 1. The SMILES string of the molecule is CCOc1ccc(/C=C2\SC(N3CCCCC3)=NC2=O)c(OCC)c1. The number of ether oxygens (including phenoxy) is 2. The van der Waals surface area contributed by atoms with Crippen molar-refractivity contribution in [2.24, 2.45) is 4.99 Å². The molecule has 2 aliphatic rings. The molecule has 0 bridgehead atoms. The average molecular weight is 360 g/mol. The lowest BCUT2D eigenvalue weighted by Crippen LogP contribution is -2.33. The second-order valence-electron chi connectivity index (χ2n) is 5.92. The molecule has 25 heavy (non-hydrogen) atoms. The number of amides is 1. The first-order valence-corrected chi connectivity index (χ1v) is 9.70. The molecule has 3 rings (SSSR count). The Morgan fingerprint density at radius 3 is 2.64 bits per heavy atom. The van der Waals surface area contributed by atoms with Gasteiger partial charge < -0.3 is 14.4 Å². The Bertz CT molecular complexity index is 694. The quantitative estimate of drug-likeness (QED) is 0.745. The summed E-state index contributed by atoms with van der Waals surface area (Å²) in [6.07, 6.45) is 5.46. The van der Waals surface area contributed by atoms with Crippen molar-refractivity contribution in [1.82, 2.24) is 4.90 Å². The van der Waals surface area contributed by atoms with E-state index >= 15 is 0 Å². The summed E-state index contributed by atoms with van der Waals surface area (Å²) in [7, 11) is 0. The number of nitrogens with zero attached hydrogens (tertiary/aromatic N) is 2. The van der Waals surface area contributed by atoms with Crippen molar-refractivity contribution in [1.29, 1.82) is 0 Å². The van der Waals surface area contributed by atoms with Crippen molar-refractivity contribution in [2.45, 2.75) is 33.1 Å². The van der Waals surface area contributed by atoms with Crippen LogP contribution in [0, 0.1) is 0 Å². The van der Waals surface area contributed by atoms with Crippen LogP contribution < -0.4 is 9.47 Å². The zero-order valence-corrected chi connectivity index (χ0v) is 15.6. The van der Waals surface area contributed by atoms with Gasteiger partial charge in [-0.15, -0.1) is 0 Å². The molecule has 6 heteroatoms. The highest BCUT2D eigenvalue weighted by molar-refractivity contribution is 8.18. The number of benzene rings is 1. The molecule has 2 heterocycles. The maximum atomic E-state index is 12.3. The second-order valence-corrected chi connectivity index (χ2v) is 6.93. The van der Waals surface area contributed by atoms with Gasteiger partial charge in [0, 0.05) is 24.7 Å². The molecule has 1 amide bonds. The van der Waals surface area contributed by atoms with E-state index in [2.05, 4.69) is 9.89 Å². The Morgan fingerprint density at radius 1 is 1.16 bits per heavy atom. The van der Waals surface area contributed by atoms with E-state index in [9.17, 15) is 4.79 Å². The lowest BCUT2D eigenvalue weighted by molar-refractivity contribution is -0.113. The van der Waals surface area contributed by atoms with Gasteiger partial charge >= 0.3 is 0 Å². The van der Waals surface area contributed by atoms with Crippen molar-refractivity contribution in [2.75, 3.05) is 26.3 Å². The molecular weight excluding hydrogens is 336 g/mol. The Labute approximate surface area is 153 Å². The summed E-state index contributed by atoms with van der Waals surface area (Å²) in [4.78, 5) is 19.4. The summed E-state index contributed by atoms with van der Waals surface area (Å²) < 4.78 is 11.3. The van der Waals surface area contributed by atoms with E-state index in [1.54, 1.807) is 0 Å². The van der Waals surface area contributed by atoms with Gasteiger partial charge in [-0.1, -0.05) is 0 Å². The van der Waals surface area contributed by atoms with Gasteiger partial charge in [-0.2, -0.15) is 4.99 Å². The topological polar surface area (TPSA) is 51.1 Å². The zero-order chi connectivity index (χ0) is 17.6. The van der Waals surface area contributed by atoms with Gasteiger partial charge in [-0.25, -0.2) is 0 Å². The minimum atomic E-state index is -0.165. The molecule has 134 valence electrons. The van der Waals surface area contributed by atoms with Gasteiger partial charge in [0.2, 0.25) is 0 Å². The fraction of sp³-hybridized carbons (Fsp3) is 0.474. The molecule has 0 N–H and O–H groups in total. The molecule has 0 radical (unpaired) electrons. The highest BCUT2D eigenvalue weighted by Gasteiger charge is 2.27. The number of amidine groups is 1. The maximum Gasteiger partial charge on any atom is 0.286 e. The van der Waals surface area contributed by atoms with E-state index < -0.39 is 0 Å². The average Bonchev–Trinajstić information content (AvgIpc) is 2.99. The van der Waals surface area contributed by atoms with Crippen LogP contribution in [0.25, 0.3) is 6.08 Å². The maximum absolute atomic E-state index is 12.3. The van der Waals surface area contributed by atoms with Crippen LogP contribution in [0.3, 0.4) is 0 Å². The molecule has 0 unspecified atom stereocenters. The van der Waals surface area contributed by atoms with Crippen LogP contribution in [0.4, 0.5) is 0 Å². The molecule has 0 aromatic heterocycles. The first-order valence-electron chi connectivity index (χ1n) is 8.88. The Hall–Kier alpha value is -1.95. The number of rotatable bonds is 5. The molecule has 0 spiro atoms. The van der Waals surface area contributed by atoms with E-state index in [0.717, 1.165) is 35.3 Å². The summed E-state index contributed by atoms with van der Waals surface area (Å²) in [5.74, 6) is 1.33. The number of hydrogen-bond acceptors (Lipinski definition) is 5. The van der Waals surface area contributed by atoms with Crippen molar-refractivity contribution in [3.63, 3.8) is 0 Å². The van der Waals surface area contributed by atoms with Gasteiger partial charge in [0.25, 0.3) is 5.91 Å². The van der Waals surface area contributed by atoms with E-state index in [1.165, 1.54) is 31.0 Å². The molecule has 1 saturated heterocycles. The van der Waals surface area contributed by atoms with Gasteiger partial charge in [-0.3, -0.25) is 4.79 Å². The third kappa shape index (κ3) is 4.37. The van der Waals surface area contributed by atoms with Crippen LogP contribution in [0.15, 0.2) is 28.1 Å². The predicted octanol–water partition coefficient (Wildman–Crippen LogP) is 3.94. The summed E-state index contributed by atoms with van der Waals surface area (Å²) in [6, 6.07) is 5.69. The number of carbonyl (C=O) groups is 1. The smallest absolute Gasteiger partial charge is 0.286 e. The first-order chi connectivity index (χ1) is 12.2. The summed E-state index contributed by atoms with van der Waals surface area (Å²) in [5.41, 5.74) is 0.872. The van der Waals surface area contributed by atoms with E-state index in [4.69, 9.17) is 9.47 Å². The van der Waals surface area contributed by atoms with Gasteiger partial charge in [-0.05, 0) is 63.1 Å². The summed E-state index contributed by atoms with van der Waals surface area (Å²) in [6.45, 7) is 7.02. The van der Waals surface area contributed by atoms with Crippen LogP contribution in [-0.4, -0.2) is 42.3 Å². The molecule has 1 aromatic carbocycles. The summed E-state index contributed by atoms with van der Waals surface area (Å²) >= 11 is 1.46. The van der Waals surface area contributed by atoms with Crippen molar-refractivity contribution in [3.05, 3.63) is 28.7 Å².